The smallest absolute Gasteiger partial charge is 0.341 e. The summed E-state index contributed by atoms with van der Waals surface area (Å²) in [5, 5.41) is 10.1. The first kappa shape index (κ1) is 10.1. The van der Waals surface area contributed by atoms with Crippen LogP contribution in [0.25, 0.3) is 0 Å². The minimum Gasteiger partial charge on any atom is -0.507 e. The van der Waals surface area contributed by atoms with Crippen molar-refractivity contribution in [1.29, 1.82) is 0 Å². The van der Waals surface area contributed by atoms with Gasteiger partial charge in [-0.2, -0.15) is 0 Å². The number of para-hydroxylation sites is 1. The lowest BCUT2D eigenvalue weighted by Gasteiger charge is -2.05. The number of hydrogen-bond donors (Lipinski definition) is 1. The highest BCUT2D eigenvalue weighted by molar-refractivity contribution is 9.08. The monoisotopic (exact) mass is 244 g/mol. The molecule has 0 aliphatic heterocycles. The van der Waals surface area contributed by atoms with Crippen molar-refractivity contribution in [1.82, 2.24) is 0 Å². The molecular weight excluding hydrogens is 236 g/mol. The SMILES string of the molecule is COC(=O)c1cccc(CBr)c1O. The number of ether oxygens (including phenoxy) is 1. The van der Waals surface area contributed by atoms with Gasteiger partial charge in [-0.15, -0.1) is 0 Å². The van der Waals surface area contributed by atoms with Crippen molar-refractivity contribution < 1.29 is 14.6 Å². The van der Waals surface area contributed by atoms with Gasteiger partial charge >= 0.3 is 5.97 Å². The molecule has 0 aliphatic carbocycles. The number of phenolic OH excluding ortho intramolecular Hbond substituents is 1. The van der Waals surface area contributed by atoms with Gasteiger partial charge in [0.15, 0.2) is 0 Å². The Kier molecular flexibility index (Phi) is 3.31. The van der Waals surface area contributed by atoms with Gasteiger partial charge in [-0.1, -0.05) is 28.1 Å². The Hall–Kier alpha value is -1.03. The maximum Gasteiger partial charge on any atom is 0.341 e. The Bertz CT molecular complexity index is 323. The first-order valence-corrected chi connectivity index (χ1v) is 4.78. The molecule has 70 valence electrons. The zero-order valence-corrected chi connectivity index (χ0v) is 8.67. The number of methoxy groups -OCH3 is 1. The van der Waals surface area contributed by atoms with Gasteiger partial charge in [-0.3, -0.25) is 0 Å². The molecule has 0 aliphatic rings. The molecule has 0 unspecified atom stereocenters. The highest BCUT2D eigenvalue weighted by atomic mass is 79.9. The average Bonchev–Trinajstić information content (AvgIpc) is 2.17. The lowest BCUT2D eigenvalue weighted by molar-refractivity contribution is 0.0597. The Morgan fingerprint density at radius 2 is 2.31 bits per heavy atom. The summed E-state index contributed by atoms with van der Waals surface area (Å²) >= 11 is 3.20. The molecule has 0 aromatic heterocycles. The number of hydrogen-bond acceptors (Lipinski definition) is 3. The summed E-state index contributed by atoms with van der Waals surface area (Å²) in [7, 11) is 1.28. The van der Waals surface area contributed by atoms with E-state index >= 15 is 0 Å². The van der Waals surface area contributed by atoms with Crippen molar-refractivity contribution in [2.24, 2.45) is 0 Å². The number of alkyl halides is 1. The van der Waals surface area contributed by atoms with Crippen LogP contribution in [0.4, 0.5) is 0 Å². The van der Waals surface area contributed by atoms with Crippen LogP contribution in [0, 0.1) is 0 Å². The van der Waals surface area contributed by atoms with E-state index in [1.54, 1.807) is 12.1 Å². The van der Waals surface area contributed by atoms with Gasteiger partial charge in [-0.05, 0) is 6.07 Å². The molecule has 0 bridgehead atoms. The molecule has 0 fully saturated rings. The summed E-state index contributed by atoms with van der Waals surface area (Å²) in [6.45, 7) is 0. The van der Waals surface area contributed by atoms with Crippen LogP contribution in [0.1, 0.15) is 15.9 Å². The Morgan fingerprint density at radius 1 is 1.62 bits per heavy atom. The molecule has 0 atom stereocenters. The molecule has 1 aromatic rings. The van der Waals surface area contributed by atoms with Gasteiger partial charge < -0.3 is 9.84 Å². The predicted molar refractivity (Wildman–Crippen MR) is 52.1 cm³/mol. The lowest BCUT2D eigenvalue weighted by atomic mass is 10.1. The highest BCUT2D eigenvalue weighted by Crippen LogP contribution is 2.24. The number of rotatable bonds is 2. The molecule has 0 heterocycles. The molecule has 1 rings (SSSR count). The third-order valence-electron chi connectivity index (χ3n) is 1.67. The number of esters is 1. The van der Waals surface area contributed by atoms with Crippen LogP contribution in [-0.4, -0.2) is 18.2 Å². The number of phenols is 1. The second-order valence-corrected chi connectivity index (χ2v) is 3.00. The van der Waals surface area contributed by atoms with Crippen LogP contribution >= 0.6 is 15.9 Å². The first-order chi connectivity index (χ1) is 6.20. The molecular formula is C9H9BrO3. The summed E-state index contributed by atoms with van der Waals surface area (Å²) < 4.78 is 4.50. The van der Waals surface area contributed by atoms with Crippen molar-refractivity contribution in [2.45, 2.75) is 5.33 Å². The van der Waals surface area contributed by atoms with Crippen molar-refractivity contribution in [3.63, 3.8) is 0 Å². The Morgan fingerprint density at radius 3 is 2.85 bits per heavy atom. The summed E-state index contributed by atoms with van der Waals surface area (Å²) in [5.74, 6) is -0.550. The van der Waals surface area contributed by atoms with E-state index < -0.39 is 5.97 Å². The molecule has 4 heteroatoms. The zero-order chi connectivity index (χ0) is 9.84. The van der Waals surface area contributed by atoms with E-state index in [0.29, 0.717) is 10.9 Å². The van der Waals surface area contributed by atoms with Crippen LogP contribution < -0.4 is 0 Å². The topological polar surface area (TPSA) is 46.5 Å². The Balaban J connectivity index is 3.15. The van der Waals surface area contributed by atoms with Crippen LogP contribution in [0.15, 0.2) is 18.2 Å². The quantitative estimate of drug-likeness (QED) is 0.640. The average molecular weight is 245 g/mol. The minimum atomic E-state index is -0.528. The maximum absolute atomic E-state index is 11.1. The molecule has 1 aromatic carbocycles. The molecule has 0 saturated carbocycles. The van der Waals surface area contributed by atoms with Gasteiger partial charge in [0.25, 0.3) is 0 Å². The van der Waals surface area contributed by atoms with E-state index in [1.807, 2.05) is 0 Å². The fourth-order valence-electron chi connectivity index (χ4n) is 0.974. The summed E-state index contributed by atoms with van der Waals surface area (Å²) in [5.41, 5.74) is 0.863. The van der Waals surface area contributed by atoms with E-state index in [1.165, 1.54) is 13.2 Å². The number of carbonyl (C=O) groups is 1. The van der Waals surface area contributed by atoms with E-state index in [2.05, 4.69) is 20.7 Å². The standard InChI is InChI=1S/C9H9BrO3/c1-13-9(12)7-4-2-3-6(5-10)8(7)11/h2-4,11H,5H2,1H3. The zero-order valence-electron chi connectivity index (χ0n) is 7.08. The van der Waals surface area contributed by atoms with Crippen LogP contribution in [0.5, 0.6) is 5.75 Å². The van der Waals surface area contributed by atoms with Crippen LogP contribution in [-0.2, 0) is 10.1 Å². The second-order valence-electron chi connectivity index (χ2n) is 2.44. The van der Waals surface area contributed by atoms with Crippen molar-refractivity contribution >= 4 is 21.9 Å². The largest absolute Gasteiger partial charge is 0.507 e. The number of carbonyl (C=O) groups excluding carboxylic acids is 1. The van der Waals surface area contributed by atoms with Gasteiger partial charge in [0, 0.05) is 10.9 Å². The van der Waals surface area contributed by atoms with Crippen LogP contribution in [0.2, 0.25) is 0 Å². The number of benzene rings is 1. The van der Waals surface area contributed by atoms with E-state index in [4.69, 9.17) is 0 Å². The van der Waals surface area contributed by atoms with E-state index in [9.17, 15) is 9.90 Å². The second kappa shape index (κ2) is 4.28. The molecule has 13 heavy (non-hydrogen) atoms. The minimum absolute atomic E-state index is 0.0220. The van der Waals surface area contributed by atoms with E-state index in [0.717, 1.165) is 0 Å². The normalized spacial score (nSPS) is 9.69. The molecule has 1 N–H and O–H groups in total. The Labute approximate surface area is 84.5 Å². The summed E-state index contributed by atoms with van der Waals surface area (Å²) in [6.07, 6.45) is 0. The highest BCUT2D eigenvalue weighted by Gasteiger charge is 2.13. The molecule has 0 spiro atoms. The predicted octanol–water partition coefficient (Wildman–Crippen LogP) is 2.07. The summed E-state index contributed by atoms with van der Waals surface area (Å²) in [6, 6.07) is 4.95. The maximum atomic E-state index is 11.1. The van der Waals surface area contributed by atoms with Gasteiger partial charge in [0.2, 0.25) is 0 Å². The van der Waals surface area contributed by atoms with Gasteiger partial charge in [-0.25, -0.2) is 4.79 Å². The fraction of sp³-hybridized carbons (Fsp3) is 0.222. The van der Waals surface area contributed by atoms with Crippen molar-refractivity contribution in [2.75, 3.05) is 7.11 Å². The van der Waals surface area contributed by atoms with Crippen LogP contribution in [0.3, 0.4) is 0 Å². The molecule has 0 radical (unpaired) electrons. The number of aromatic hydroxyl groups is 1. The van der Waals surface area contributed by atoms with Gasteiger partial charge in [0.05, 0.1) is 7.11 Å². The first-order valence-electron chi connectivity index (χ1n) is 3.65. The number of halogens is 1. The molecule has 3 nitrogen and oxygen atoms in total. The van der Waals surface area contributed by atoms with Gasteiger partial charge in [0.1, 0.15) is 11.3 Å². The summed E-state index contributed by atoms with van der Waals surface area (Å²) in [4.78, 5) is 11.1. The molecule has 0 saturated heterocycles. The van der Waals surface area contributed by atoms with Crippen molar-refractivity contribution in [3.8, 4) is 5.75 Å². The molecule has 0 amide bonds. The van der Waals surface area contributed by atoms with Crippen molar-refractivity contribution in [3.05, 3.63) is 29.3 Å². The third kappa shape index (κ3) is 2.01. The van der Waals surface area contributed by atoms with E-state index in [-0.39, 0.29) is 11.3 Å². The lowest BCUT2D eigenvalue weighted by Crippen LogP contribution is -2.02. The third-order valence-corrected chi connectivity index (χ3v) is 2.27. The fourth-order valence-corrected chi connectivity index (χ4v) is 1.43.